The zero-order valence-electron chi connectivity index (χ0n) is 9.98. The minimum absolute atomic E-state index is 0.0150. The molecule has 0 saturated heterocycles. The maximum Gasteiger partial charge on any atom is 0.147 e. The number of benzene rings is 1. The smallest absolute Gasteiger partial charge is 0.147 e. The second-order valence-electron chi connectivity index (χ2n) is 5.14. The molecule has 2 atom stereocenters. The average Bonchev–Trinajstić information content (AvgIpc) is 2.70. The second-order valence-corrected chi connectivity index (χ2v) is 5.55. The van der Waals surface area contributed by atoms with Crippen LogP contribution in [0.15, 0.2) is 12.1 Å². The Labute approximate surface area is 106 Å². The molecule has 0 radical (unpaired) electrons. The third-order valence-corrected chi connectivity index (χ3v) is 4.04. The van der Waals surface area contributed by atoms with Crippen molar-refractivity contribution in [1.82, 2.24) is 0 Å². The molecule has 17 heavy (non-hydrogen) atoms. The summed E-state index contributed by atoms with van der Waals surface area (Å²) < 4.78 is 27.1. The van der Waals surface area contributed by atoms with Crippen LogP contribution in [0.25, 0.3) is 0 Å². The van der Waals surface area contributed by atoms with E-state index in [0.29, 0.717) is 12.3 Å². The third-order valence-electron chi connectivity index (χ3n) is 3.74. The molecular weight excluding hydrogens is 242 g/mol. The van der Waals surface area contributed by atoms with Crippen molar-refractivity contribution in [3.05, 3.63) is 34.4 Å². The molecule has 0 bridgehead atoms. The van der Waals surface area contributed by atoms with E-state index in [2.05, 4.69) is 6.92 Å². The van der Waals surface area contributed by atoms with Crippen LogP contribution < -0.4 is 0 Å². The van der Waals surface area contributed by atoms with Crippen molar-refractivity contribution < 1.29 is 8.78 Å². The maximum absolute atomic E-state index is 13.6. The topological polar surface area (TPSA) is 0 Å². The fourth-order valence-corrected chi connectivity index (χ4v) is 2.91. The van der Waals surface area contributed by atoms with Gasteiger partial charge in [0, 0.05) is 5.56 Å². The molecule has 1 saturated carbocycles. The lowest BCUT2D eigenvalue weighted by Gasteiger charge is -2.11. The molecule has 1 aromatic rings. The standard InChI is InChI=1S/C14H17ClF2/c1-9-2-3-10(8-9)4-5-11-13(16)7-6-12(15)14(11)17/h6-7,9-10H,2-5,8H2,1H3/t9-,10?/m1/s1. The van der Waals surface area contributed by atoms with Gasteiger partial charge in [0.15, 0.2) is 0 Å². The zero-order valence-corrected chi connectivity index (χ0v) is 10.7. The van der Waals surface area contributed by atoms with Gasteiger partial charge in [-0.05, 0) is 43.2 Å². The molecule has 0 amide bonds. The fraction of sp³-hybridized carbons (Fsp3) is 0.571. The van der Waals surface area contributed by atoms with E-state index in [0.717, 1.165) is 12.3 Å². The summed E-state index contributed by atoms with van der Waals surface area (Å²) in [7, 11) is 0. The van der Waals surface area contributed by atoms with Crippen molar-refractivity contribution in [1.29, 1.82) is 0 Å². The summed E-state index contributed by atoms with van der Waals surface area (Å²) in [6.45, 7) is 2.24. The van der Waals surface area contributed by atoms with Crippen LogP contribution in [0.5, 0.6) is 0 Å². The van der Waals surface area contributed by atoms with Crippen molar-refractivity contribution in [3.8, 4) is 0 Å². The Kier molecular flexibility index (Phi) is 4.03. The van der Waals surface area contributed by atoms with Gasteiger partial charge in [-0.1, -0.05) is 31.4 Å². The molecule has 0 aromatic heterocycles. The molecule has 1 aliphatic rings. The number of halogens is 3. The van der Waals surface area contributed by atoms with E-state index in [-0.39, 0.29) is 10.6 Å². The number of hydrogen-bond donors (Lipinski definition) is 0. The highest BCUT2D eigenvalue weighted by Crippen LogP contribution is 2.34. The SMILES string of the molecule is C[C@@H]1CCC(CCc2c(F)ccc(Cl)c2F)C1. The summed E-state index contributed by atoms with van der Waals surface area (Å²) in [4.78, 5) is 0. The third kappa shape index (κ3) is 2.98. The monoisotopic (exact) mass is 258 g/mol. The molecule has 0 heterocycles. The summed E-state index contributed by atoms with van der Waals surface area (Å²) in [5.74, 6) is 0.312. The molecule has 1 fully saturated rings. The molecule has 3 heteroatoms. The highest BCUT2D eigenvalue weighted by atomic mass is 35.5. The van der Waals surface area contributed by atoms with Crippen LogP contribution in [-0.4, -0.2) is 0 Å². The first-order valence-electron chi connectivity index (χ1n) is 6.20. The second kappa shape index (κ2) is 5.34. The van der Waals surface area contributed by atoms with Crippen molar-refractivity contribution in [3.63, 3.8) is 0 Å². The molecule has 1 unspecified atom stereocenters. The molecule has 0 aliphatic heterocycles. The summed E-state index contributed by atoms with van der Waals surface area (Å²) >= 11 is 5.66. The lowest BCUT2D eigenvalue weighted by molar-refractivity contribution is 0.464. The van der Waals surface area contributed by atoms with E-state index in [1.807, 2.05) is 0 Å². The Balaban J connectivity index is 2.01. The highest BCUT2D eigenvalue weighted by Gasteiger charge is 2.22. The summed E-state index contributed by atoms with van der Waals surface area (Å²) in [6, 6.07) is 2.52. The van der Waals surface area contributed by atoms with E-state index < -0.39 is 11.6 Å². The van der Waals surface area contributed by atoms with E-state index in [1.165, 1.54) is 31.4 Å². The summed E-state index contributed by atoms with van der Waals surface area (Å²) in [5.41, 5.74) is 0.150. The predicted octanol–water partition coefficient (Wildman–Crippen LogP) is 4.99. The van der Waals surface area contributed by atoms with Gasteiger partial charge in [0.25, 0.3) is 0 Å². The van der Waals surface area contributed by atoms with Crippen molar-refractivity contribution in [2.45, 2.75) is 39.0 Å². The molecule has 0 nitrogen and oxygen atoms in total. The van der Waals surface area contributed by atoms with Crippen molar-refractivity contribution >= 4 is 11.6 Å². The fourth-order valence-electron chi connectivity index (χ4n) is 2.73. The molecule has 0 spiro atoms. The van der Waals surface area contributed by atoms with Crippen LogP contribution >= 0.6 is 11.6 Å². The van der Waals surface area contributed by atoms with E-state index in [1.54, 1.807) is 0 Å². The first kappa shape index (κ1) is 12.8. The quantitative estimate of drug-likeness (QED) is 0.670. The van der Waals surface area contributed by atoms with E-state index in [4.69, 9.17) is 11.6 Å². The Bertz CT molecular complexity index is 403. The molecular formula is C14H17ClF2. The van der Waals surface area contributed by atoms with Gasteiger partial charge < -0.3 is 0 Å². The first-order valence-corrected chi connectivity index (χ1v) is 6.58. The van der Waals surface area contributed by atoms with Gasteiger partial charge in [-0.3, -0.25) is 0 Å². The summed E-state index contributed by atoms with van der Waals surface area (Å²) in [5, 5.41) is 0.0150. The van der Waals surface area contributed by atoms with Gasteiger partial charge in [-0.25, -0.2) is 8.78 Å². The van der Waals surface area contributed by atoms with Gasteiger partial charge in [0.1, 0.15) is 11.6 Å². The molecule has 94 valence electrons. The normalized spacial score (nSPS) is 24.2. The van der Waals surface area contributed by atoms with Crippen LogP contribution in [0.1, 0.15) is 38.2 Å². The van der Waals surface area contributed by atoms with Crippen LogP contribution in [0.4, 0.5) is 8.78 Å². The van der Waals surface area contributed by atoms with Crippen LogP contribution in [0, 0.1) is 23.5 Å². The lowest BCUT2D eigenvalue weighted by atomic mass is 9.97. The zero-order chi connectivity index (χ0) is 12.4. The van der Waals surface area contributed by atoms with Gasteiger partial charge in [0.05, 0.1) is 5.02 Å². The Morgan fingerprint density at radius 3 is 2.71 bits per heavy atom. The van der Waals surface area contributed by atoms with Crippen LogP contribution in [-0.2, 0) is 6.42 Å². The maximum atomic E-state index is 13.6. The predicted molar refractivity (Wildman–Crippen MR) is 66.2 cm³/mol. The van der Waals surface area contributed by atoms with Crippen LogP contribution in [0.2, 0.25) is 5.02 Å². The molecule has 0 N–H and O–H groups in total. The van der Waals surface area contributed by atoms with E-state index >= 15 is 0 Å². The number of hydrogen-bond acceptors (Lipinski definition) is 0. The molecule has 2 rings (SSSR count). The molecule has 1 aromatic carbocycles. The van der Waals surface area contributed by atoms with E-state index in [9.17, 15) is 8.78 Å². The number of rotatable bonds is 3. The first-order chi connectivity index (χ1) is 8.08. The van der Waals surface area contributed by atoms with Crippen molar-refractivity contribution in [2.24, 2.45) is 11.8 Å². The van der Waals surface area contributed by atoms with Crippen LogP contribution in [0.3, 0.4) is 0 Å². The minimum atomic E-state index is -0.585. The highest BCUT2D eigenvalue weighted by molar-refractivity contribution is 6.30. The molecule has 1 aliphatic carbocycles. The summed E-state index contributed by atoms with van der Waals surface area (Å²) in [6.07, 6.45) is 4.92. The Hall–Kier alpha value is -0.630. The van der Waals surface area contributed by atoms with Gasteiger partial charge >= 0.3 is 0 Å². The van der Waals surface area contributed by atoms with Gasteiger partial charge in [-0.2, -0.15) is 0 Å². The minimum Gasteiger partial charge on any atom is -0.207 e. The van der Waals surface area contributed by atoms with Gasteiger partial charge in [-0.15, -0.1) is 0 Å². The van der Waals surface area contributed by atoms with Gasteiger partial charge in [0.2, 0.25) is 0 Å². The van der Waals surface area contributed by atoms with Crippen molar-refractivity contribution in [2.75, 3.05) is 0 Å². The Morgan fingerprint density at radius 1 is 1.29 bits per heavy atom. The average molecular weight is 259 g/mol. The largest absolute Gasteiger partial charge is 0.207 e. The Morgan fingerprint density at radius 2 is 2.06 bits per heavy atom. The lowest BCUT2D eigenvalue weighted by Crippen LogP contribution is -2.02.